The highest BCUT2D eigenvalue weighted by Crippen LogP contribution is 2.19. The Morgan fingerprint density at radius 3 is 2.55 bits per heavy atom. The summed E-state index contributed by atoms with van der Waals surface area (Å²) in [5.41, 5.74) is 1.44. The van der Waals surface area contributed by atoms with Crippen LogP contribution in [0.2, 0.25) is 0 Å². The van der Waals surface area contributed by atoms with Crippen LogP contribution in [-0.4, -0.2) is 32.1 Å². The molecule has 5 heteroatoms. The van der Waals surface area contributed by atoms with Crippen LogP contribution >= 0.6 is 0 Å². The molecule has 0 aromatic heterocycles. The van der Waals surface area contributed by atoms with Gasteiger partial charge in [-0.1, -0.05) is 18.6 Å². The zero-order chi connectivity index (χ0) is 15.1. The molecule has 0 radical (unpaired) electrons. The molecule has 0 fully saturated rings. The van der Waals surface area contributed by atoms with E-state index in [0.29, 0.717) is 17.7 Å². The van der Waals surface area contributed by atoms with Crippen LogP contribution in [0.1, 0.15) is 35.7 Å². The van der Waals surface area contributed by atoms with E-state index in [-0.39, 0.29) is 24.3 Å². The lowest BCUT2D eigenvalue weighted by Crippen LogP contribution is -2.36. The Morgan fingerprint density at radius 1 is 1.30 bits per heavy atom. The van der Waals surface area contributed by atoms with Crippen LogP contribution in [0.15, 0.2) is 18.2 Å². The van der Waals surface area contributed by atoms with Crippen LogP contribution in [0.25, 0.3) is 0 Å². The number of carbonyl (C=O) groups excluding carboxylic acids is 2. The maximum absolute atomic E-state index is 12.3. The SMILES string of the molecule is CCC(CC(=O)OC)NC(=O)c1cc(C)ccc1OC. The first-order valence-electron chi connectivity index (χ1n) is 6.54. The summed E-state index contributed by atoms with van der Waals surface area (Å²) in [4.78, 5) is 23.6. The zero-order valence-corrected chi connectivity index (χ0v) is 12.4. The second kappa shape index (κ2) is 7.53. The fourth-order valence-electron chi connectivity index (χ4n) is 1.84. The number of carbonyl (C=O) groups is 2. The number of ether oxygens (including phenoxy) is 2. The molecule has 0 saturated heterocycles. The van der Waals surface area contributed by atoms with Crippen molar-refractivity contribution in [1.82, 2.24) is 5.32 Å². The van der Waals surface area contributed by atoms with Gasteiger partial charge in [0.1, 0.15) is 5.75 Å². The molecule has 1 aromatic carbocycles. The standard InChI is InChI=1S/C15H21NO4/c1-5-11(9-14(17)20-4)16-15(18)12-8-10(2)6-7-13(12)19-3/h6-8,11H,5,9H2,1-4H3,(H,16,18). The topological polar surface area (TPSA) is 64.6 Å². The zero-order valence-electron chi connectivity index (χ0n) is 12.4. The second-order valence-electron chi connectivity index (χ2n) is 4.56. The van der Waals surface area contributed by atoms with Gasteiger partial charge in [-0.2, -0.15) is 0 Å². The van der Waals surface area contributed by atoms with Gasteiger partial charge < -0.3 is 14.8 Å². The molecule has 20 heavy (non-hydrogen) atoms. The summed E-state index contributed by atoms with van der Waals surface area (Å²) in [6, 6.07) is 5.14. The first-order chi connectivity index (χ1) is 9.51. The minimum Gasteiger partial charge on any atom is -0.496 e. The van der Waals surface area contributed by atoms with Gasteiger partial charge in [0.25, 0.3) is 5.91 Å². The molecule has 0 heterocycles. The Hall–Kier alpha value is -2.04. The average molecular weight is 279 g/mol. The van der Waals surface area contributed by atoms with Gasteiger partial charge in [0.05, 0.1) is 26.2 Å². The first kappa shape index (κ1) is 16.0. The summed E-state index contributed by atoms with van der Waals surface area (Å²) in [6.45, 7) is 3.81. The highest BCUT2D eigenvalue weighted by Gasteiger charge is 2.18. The van der Waals surface area contributed by atoms with Gasteiger partial charge in [0, 0.05) is 6.04 Å². The lowest BCUT2D eigenvalue weighted by atomic mass is 10.1. The van der Waals surface area contributed by atoms with E-state index < -0.39 is 0 Å². The molecule has 1 rings (SSSR count). The van der Waals surface area contributed by atoms with Crippen molar-refractivity contribution in [2.45, 2.75) is 32.7 Å². The highest BCUT2D eigenvalue weighted by molar-refractivity contribution is 5.97. The van der Waals surface area contributed by atoms with Crippen LogP contribution in [0.5, 0.6) is 5.75 Å². The molecule has 1 N–H and O–H groups in total. The molecule has 0 aliphatic heterocycles. The molecule has 1 amide bonds. The van der Waals surface area contributed by atoms with Crippen LogP contribution in [0, 0.1) is 6.92 Å². The summed E-state index contributed by atoms with van der Waals surface area (Å²) in [5.74, 6) is -0.0734. The Morgan fingerprint density at radius 2 is 2.00 bits per heavy atom. The molecular weight excluding hydrogens is 258 g/mol. The molecule has 0 aliphatic carbocycles. The third-order valence-electron chi connectivity index (χ3n) is 3.07. The molecule has 1 aromatic rings. The van der Waals surface area contributed by atoms with Crippen molar-refractivity contribution in [2.75, 3.05) is 14.2 Å². The number of hydrogen-bond acceptors (Lipinski definition) is 4. The van der Waals surface area contributed by atoms with Crippen LogP contribution in [0.3, 0.4) is 0 Å². The number of rotatable bonds is 6. The molecule has 0 bridgehead atoms. The van der Waals surface area contributed by atoms with Gasteiger partial charge in [-0.25, -0.2) is 0 Å². The van der Waals surface area contributed by atoms with Crippen molar-refractivity contribution >= 4 is 11.9 Å². The smallest absolute Gasteiger partial charge is 0.307 e. The number of aryl methyl sites for hydroxylation is 1. The van der Waals surface area contributed by atoms with Crippen molar-refractivity contribution < 1.29 is 19.1 Å². The highest BCUT2D eigenvalue weighted by atomic mass is 16.5. The van der Waals surface area contributed by atoms with Crippen molar-refractivity contribution in [1.29, 1.82) is 0 Å². The second-order valence-corrected chi connectivity index (χ2v) is 4.56. The molecule has 0 aliphatic rings. The summed E-state index contributed by atoms with van der Waals surface area (Å²) in [6.07, 6.45) is 0.807. The van der Waals surface area contributed by atoms with Gasteiger partial charge in [0.15, 0.2) is 0 Å². The van der Waals surface area contributed by atoms with Gasteiger partial charge in [0.2, 0.25) is 0 Å². The monoisotopic (exact) mass is 279 g/mol. The minimum atomic E-state index is -0.339. The average Bonchev–Trinajstić information content (AvgIpc) is 2.45. The van der Waals surface area contributed by atoms with Gasteiger partial charge in [-0.15, -0.1) is 0 Å². The maximum Gasteiger partial charge on any atom is 0.307 e. The van der Waals surface area contributed by atoms with Crippen LogP contribution in [-0.2, 0) is 9.53 Å². The maximum atomic E-state index is 12.3. The quantitative estimate of drug-likeness (QED) is 0.810. The molecular formula is C15H21NO4. The summed E-state index contributed by atoms with van der Waals surface area (Å²) in [7, 11) is 2.85. The predicted octanol–water partition coefficient (Wildman–Crippen LogP) is 2.08. The minimum absolute atomic E-state index is 0.160. The van der Waals surface area contributed by atoms with E-state index in [4.69, 9.17) is 4.74 Å². The van der Waals surface area contributed by atoms with Crippen molar-refractivity contribution in [3.8, 4) is 5.75 Å². The molecule has 0 saturated carbocycles. The van der Waals surface area contributed by atoms with E-state index in [1.807, 2.05) is 19.9 Å². The first-order valence-corrected chi connectivity index (χ1v) is 6.54. The molecule has 1 unspecified atom stereocenters. The normalized spacial score (nSPS) is 11.6. The van der Waals surface area contributed by atoms with E-state index >= 15 is 0 Å². The Balaban J connectivity index is 2.84. The van der Waals surface area contributed by atoms with E-state index in [1.165, 1.54) is 14.2 Å². The van der Waals surface area contributed by atoms with Gasteiger partial charge in [-0.3, -0.25) is 9.59 Å². The van der Waals surface area contributed by atoms with E-state index in [9.17, 15) is 9.59 Å². The number of esters is 1. The number of hydrogen-bond donors (Lipinski definition) is 1. The summed E-state index contributed by atoms with van der Waals surface area (Å²) >= 11 is 0. The van der Waals surface area contributed by atoms with Crippen molar-refractivity contribution in [3.05, 3.63) is 29.3 Å². The molecule has 5 nitrogen and oxygen atoms in total. The number of nitrogens with one attached hydrogen (secondary N) is 1. The lowest BCUT2D eigenvalue weighted by molar-refractivity contribution is -0.141. The summed E-state index contributed by atoms with van der Waals surface area (Å²) in [5, 5.41) is 2.83. The van der Waals surface area contributed by atoms with E-state index in [1.54, 1.807) is 12.1 Å². The number of benzene rings is 1. The fraction of sp³-hybridized carbons (Fsp3) is 0.467. The fourth-order valence-corrected chi connectivity index (χ4v) is 1.84. The molecule has 110 valence electrons. The van der Waals surface area contributed by atoms with E-state index in [0.717, 1.165) is 5.56 Å². The Bertz CT molecular complexity index is 485. The van der Waals surface area contributed by atoms with E-state index in [2.05, 4.69) is 10.1 Å². The number of methoxy groups -OCH3 is 2. The third-order valence-corrected chi connectivity index (χ3v) is 3.07. The van der Waals surface area contributed by atoms with Crippen LogP contribution < -0.4 is 10.1 Å². The summed E-state index contributed by atoms with van der Waals surface area (Å²) < 4.78 is 9.81. The van der Waals surface area contributed by atoms with Gasteiger partial charge >= 0.3 is 5.97 Å². The van der Waals surface area contributed by atoms with Crippen molar-refractivity contribution in [2.24, 2.45) is 0 Å². The van der Waals surface area contributed by atoms with Gasteiger partial charge in [-0.05, 0) is 25.5 Å². The Labute approximate surface area is 119 Å². The number of amides is 1. The predicted molar refractivity (Wildman–Crippen MR) is 75.9 cm³/mol. The molecule has 0 spiro atoms. The van der Waals surface area contributed by atoms with Crippen molar-refractivity contribution in [3.63, 3.8) is 0 Å². The lowest BCUT2D eigenvalue weighted by Gasteiger charge is -2.17. The van der Waals surface area contributed by atoms with Crippen LogP contribution in [0.4, 0.5) is 0 Å². The Kier molecular flexibility index (Phi) is 6.03. The molecule has 1 atom stereocenters. The third kappa shape index (κ3) is 4.26. The largest absolute Gasteiger partial charge is 0.496 e.